The highest BCUT2D eigenvalue weighted by molar-refractivity contribution is 7.47. The minimum absolute atomic E-state index is 0.00608. The van der Waals surface area contributed by atoms with E-state index in [0.29, 0.717) is 32.1 Å². The molecule has 3 N–H and O–H groups in total. The van der Waals surface area contributed by atoms with Crippen molar-refractivity contribution in [2.45, 2.75) is 316 Å². The van der Waals surface area contributed by atoms with Crippen molar-refractivity contribution in [1.29, 1.82) is 0 Å². The van der Waals surface area contributed by atoms with Gasteiger partial charge in [0.15, 0.2) is 12.2 Å². The van der Waals surface area contributed by atoms with Gasteiger partial charge in [-0.25, -0.2) is 9.13 Å². The van der Waals surface area contributed by atoms with E-state index in [-0.39, 0.29) is 25.7 Å². The van der Waals surface area contributed by atoms with E-state index in [1.54, 1.807) is 0 Å². The van der Waals surface area contributed by atoms with Gasteiger partial charge in [0.05, 0.1) is 26.4 Å². The summed E-state index contributed by atoms with van der Waals surface area (Å²) < 4.78 is 68.5. The van der Waals surface area contributed by atoms with Crippen LogP contribution in [0.2, 0.25) is 0 Å². The quantitative estimate of drug-likeness (QED) is 0.0169. The number of aliphatic hydroxyl groups excluding tert-OH is 1. The standard InChI is InChI=1S/C87H142O17P2/c1-5-9-13-17-21-25-29-33-37-39-40-42-45-48-52-56-60-64-68-72-85(90)98-78-83(104-87(92)74-70-66-62-58-54-50-46-41-38-34-30-26-22-18-14-10-6-2)80-102-106(95,96)100-76-81(88)75-99-105(93,94)101-79-82(103-86(91)73-69-65-61-57-53-49-44-36-32-28-24-20-16-12-8-4)77-97-84(89)71-67-63-59-55-51-47-43-35-31-27-23-19-15-11-7-3/h9-11,13-15,21-23,25-27,33-38,40,42-44,46,50-51,55,58,62,81-83,88H,5-8,12,16-20,24,28-32,39,41,45,47-49,52-54,56-57,59-61,63-80H2,1-4H3,(H,93,94)(H,95,96)/b13-9-,14-10-,15-11-,25-21-,26-22-,27-23-,37-33-,38-34-,42-40-,43-35-,44-36-,50-46-,55-51-,62-58-. The first-order valence-electron chi connectivity index (χ1n) is 40.4. The molecule has 0 saturated carbocycles. The Labute approximate surface area is 642 Å². The van der Waals surface area contributed by atoms with Crippen LogP contribution < -0.4 is 0 Å². The highest BCUT2D eigenvalue weighted by Crippen LogP contribution is 2.45. The maximum Gasteiger partial charge on any atom is 0.472 e. The van der Waals surface area contributed by atoms with Crippen molar-refractivity contribution in [2.75, 3.05) is 39.6 Å². The molecule has 0 spiro atoms. The lowest BCUT2D eigenvalue weighted by Crippen LogP contribution is -2.30. The molecule has 0 aromatic heterocycles. The van der Waals surface area contributed by atoms with Crippen molar-refractivity contribution < 1.29 is 80.2 Å². The number of esters is 4. The first kappa shape index (κ1) is 100. The third-order valence-electron chi connectivity index (χ3n) is 16.2. The van der Waals surface area contributed by atoms with E-state index < -0.39 is 97.5 Å². The van der Waals surface area contributed by atoms with Gasteiger partial charge in [-0.05, 0) is 167 Å². The molecule has 0 heterocycles. The van der Waals surface area contributed by atoms with Crippen molar-refractivity contribution >= 4 is 39.5 Å². The van der Waals surface area contributed by atoms with Gasteiger partial charge in [-0.15, -0.1) is 0 Å². The summed E-state index contributed by atoms with van der Waals surface area (Å²) >= 11 is 0. The van der Waals surface area contributed by atoms with Gasteiger partial charge >= 0.3 is 39.5 Å². The Morgan fingerprint density at radius 1 is 0.274 bits per heavy atom. The number of ether oxygens (including phenoxy) is 4. The molecule has 0 aromatic rings. The lowest BCUT2D eigenvalue weighted by molar-refractivity contribution is -0.161. The lowest BCUT2D eigenvalue weighted by atomic mass is 10.1. The number of allylic oxidation sites excluding steroid dienone is 28. The second-order valence-corrected chi connectivity index (χ2v) is 29.1. The van der Waals surface area contributed by atoms with E-state index in [1.807, 2.05) is 12.2 Å². The molecular weight excluding hydrogens is 1380 g/mol. The molecule has 5 atom stereocenters. The minimum atomic E-state index is -5.01. The monoisotopic (exact) mass is 1520 g/mol. The molecule has 5 unspecified atom stereocenters. The Morgan fingerprint density at radius 2 is 0.500 bits per heavy atom. The van der Waals surface area contributed by atoms with Crippen molar-refractivity contribution in [2.24, 2.45) is 0 Å². The van der Waals surface area contributed by atoms with Crippen LogP contribution in [0.1, 0.15) is 297 Å². The Bertz CT molecular complexity index is 2680. The van der Waals surface area contributed by atoms with Crippen molar-refractivity contribution in [1.82, 2.24) is 0 Å². The zero-order valence-electron chi connectivity index (χ0n) is 65.8. The van der Waals surface area contributed by atoms with Gasteiger partial charge in [0.1, 0.15) is 19.3 Å². The molecule has 0 amide bonds. The molecule has 0 bridgehead atoms. The number of phosphoric acid groups is 2. The number of unbranched alkanes of at least 4 members (excludes halogenated alkanes) is 20. The summed E-state index contributed by atoms with van der Waals surface area (Å²) in [6, 6.07) is 0. The largest absolute Gasteiger partial charge is 0.472 e. The Balaban J connectivity index is 5.48. The third-order valence-corrected chi connectivity index (χ3v) is 18.1. The number of aliphatic hydroxyl groups is 1. The average Bonchev–Trinajstić information content (AvgIpc) is 0.907. The summed E-state index contributed by atoms with van der Waals surface area (Å²) in [5, 5.41) is 10.6. The van der Waals surface area contributed by atoms with Gasteiger partial charge < -0.3 is 33.8 Å². The summed E-state index contributed by atoms with van der Waals surface area (Å²) in [6.45, 7) is 4.38. The van der Waals surface area contributed by atoms with Crippen molar-refractivity contribution in [3.05, 3.63) is 170 Å². The van der Waals surface area contributed by atoms with E-state index in [1.165, 1.54) is 38.5 Å². The van der Waals surface area contributed by atoms with Crippen LogP contribution in [0.25, 0.3) is 0 Å². The van der Waals surface area contributed by atoms with Crippen LogP contribution in [-0.4, -0.2) is 96.7 Å². The van der Waals surface area contributed by atoms with E-state index >= 15 is 0 Å². The van der Waals surface area contributed by atoms with E-state index in [2.05, 4.69) is 186 Å². The third kappa shape index (κ3) is 76.6. The molecule has 17 nitrogen and oxygen atoms in total. The van der Waals surface area contributed by atoms with E-state index in [9.17, 15) is 43.2 Å². The molecule has 0 aliphatic carbocycles. The molecular formula is C87H142O17P2. The Morgan fingerprint density at radius 3 is 0.821 bits per heavy atom. The molecule has 0 aliphatic heterocycles. The highest BCUT2D eigenvalue weighted by atomic mass is 31.2. The van der Waals surface area contributed by atoms with Crippen LogP contribution in [-0.2, 0) is 65.4 Å². The Kier molecular flexibility index (Phi) is 73.5. The molecule has 602 valence electrons. The van der Waals surface area contributed by atoms with Crippen LogP contribution >= 0.6 is 15.6 Å². The molecule has 0 rings (SSSR count). The van der Waals surface area contributed by atoms with E-state index in [4.69, 9.17) is 37.0 Å². The molecule has 0 saturated heterocycles. The smallest absolute Gasteiger partial charge is 0.462 e. The maximum absolute atomic E-state index is 13.1. The van der Waals surface area contributed by atoms with Gasteiger partial charge in [-0.1, -0.05) is 275 Å². The second-order valence-electron chi connectivity index (χ2n) is 26.2. The summed E-state index contributed by atoms with van der Waals surface area (Å²) in [5.41, 5.74) is 0. The van der Waals surface area contributed by atoms with Crippen LogP contribution in [0.5, 0.6) is 0 Å². The summed E-state index contributed by atoms with van der Waals surface area (Å²) in [5.74, 6) is -2.33. The zero-order chi connectivity index (χ0) is 77.4. The summed E-state index contributed by atoms with van der Waals surface area (Å²) in [7, 11) is -10.0. The normalized spacial score (nSPS) is 14.7. The highest BCUT2D eigenvalue weighted by Gasteiger charge is 2.30. The number of phosphoric ester groups is 2. The fraction of sp³-hybridized carbons (Fsp3) is 0.632. The summed E-state index contributed by atoms with van der Waals surface area (Å²) in [4.78, 5) is 73.1. The number of carbonyl (C=O) groups excluding carboxylic acids is 4. The molecule has 106 heavy (non-hydrogen) atoms. The van der Waals surface area contributed by atoms with Gasteiger partial charge in [0.2, 0.25) is 0 Å². The van der Waals surface area contributed by atoms with Crippen molar-refractivity contribution in [3.63, 3.8) is 0 Å². The van der Waals surface area contributed by atoms with Crippen LogP contribution in [0.15, 0.2) is 170 Å². The zero-order valence-corrected chi connectivity index (χ0v) is 67.6. The number of carbonyl (C=O) groups is 4. The van der Waals surface area contributed by atoms with Gasteiger partial charge in [-0.2, -0.15) is 0 Å². The van der Waals surface area contributed by atoms with Crippen molar-refractivity contribution in [3.8, 4) is 0 Å². The summed E-state index contributed by atoms with van der Waals surface area (Å²) in [6.07, 6.45) is 92.0. The van der Waals surface area contributed by atoms with Crippen LogP contribution in [0.3, 0.4) is 0 Å². The first-order chi connectivity index (χ1) is 51.7. The SMILES string of the molecule is CC/C=C\C/C=C\C/C=C\C/C=C\C/C=C\CCCC(=O)OC(COC(=O)CCCCCCCC/C=C\C/C=C\C/C=C\C/C=C\CC)COP(=O)(O)OCC(O)COP(=O)(O)OCC(COC(=O)CCCC/C=C\C/C=C\C/C=C\C/C=C\CC)OC(=O)CCCCCCC/C=C\CCCCCCCC. The lowest BCUT2D eigenvalue weighted by Gasteiger charge is -2.21. The fourth-order valence-corrected chi connectivity index (χ4v) is 11.7. The second kappa shape index (κ2) is 77.6. The first-order valence-corrected chi connectivity index (χ1v) is 43.4. The fourth-order valence-electron chi connectivity index (χ4n) is 10.1. The predicted molar refractivity (Wildman–Crippen MR) is 436 cm³/mol. The van der Waals surface area contributed by atoms with Gasteiger partial charge in [0.25, 0.3) is 0 Å². The van der Waals surface area contributed by atoms with Crippen LogP contribution in [0, 0.1) is 0 Å². The minimum Gasteiger partial charge on any atom is -0.462 e. The van der Waals surface area contributed by atoms with Gasteiger partial charge in [-0.3, -0.25) is 37.3 Å². The molecule has 0 radical (unpaired) electrons. The topological polar surface area (TPSA) is 237 Å². The number of hydrogen-bond donors (Lipinski definition) is 3. The van der Waals surface area contributed by atoms with Gasteiger partial charge in [0, 0.05) is 25.7 Å². The maximum atomic E-state index is 13.1. The molecule has 0 fully saturated rings. The molecule has 0 aromatic carbocycles. The average molecular weight is 1520 g/mol. The number of rotatable bonds is 74. The Hall–Kier alpha value is -5.58. The predicted octanol–water partition coefficient (Wildman–Crippen LogP) is 23.8. The number of hydrogen-bond acceptors (Lipinski definition) is 15. The molecule has 0 aliphatic rings. The van der Waals surface area contributed by atoms with Crippen LogP contribution in [0.4, 0.5) is 0 Å². The molecule has 19 heteroatoms. The van der Waals surface area contributed by atoms with E-state index in [0.717, 1.165) is 173 Å².